The van der Waals surface area contributed by atoms with Crippen LogP contribution in [0.3, 0.4) is 0 Å². The van der Waals surface area contributed by atoms with Gasteiger partial charge in [0.15, 0.2) is 0 Å². The summed E-state index contributed by atoms with van der Waals surface area (Å²) in [6, 6.07) is 1.32. The highest BCUT2D eigenvalue weighted by atomic mass is 32.2. The lowest BCUT2D eigenvalue weighted by molar-refractivity contribution is -0.119. The minimum absolute atomic E-state index is 0.331. The number of unbranched alkanes of at least 4 members (excludes halogenated alkanes) is 1. The lowest BCUT2D eigenvalue weighted by atomic mass is 9.93. The summed E-state index contributed by atoms with van der Waals surface area (Å²) in [5.74, 6) is 2.42. The Morgan fingerprint density at radius 3 is 2.33 bits per heavy atom. The van der Waals surface area contributed by atoms with Crippen molar-refractivity contribution in [1.29, 1.82) is 0 Å². The Morgan fingerprint density at radius 2 is 1.73 bits per heavy atom. The fourth-order valence-corrected chi connectivity index (χ4v) is 5.33. The summed E-state index contributed by atoms with van der Waals surface area (Å²) >= 11 is 2.09. The van der Waals surface area contributed by atoms with E-state index in [2.05, 4.69) is 57.0 Å². The third-order valence-corrected chi connectivity index (χ3v) is 7.37. The maximum Gasteiger partial charge on any atom is 0.132 e. The first-order chi connectivity index (χ1) is 15.7. The van der Waals surface area contributed by atoms with Gasteiger partial charge in [0.1, 0.15) is 5.78 Å². The monoisotopic (exact) mass is 488 g/mol. The van der Waals surface area contributed by atoms with Crippen LogP contribution < -0.4 is 10.6 Å². The SMILES string of the molecule is CC.CC(C)(C)CCOCCCC(=O)CCCC[C@@H]1SC[C@@H]2NCN[C@@H]21.COCCC(C)C. The second-order valence-electron chi connectivity index (χ2n) is 10.6. The topological polar surface area (TPSA) is 59.6 Å². The van der Waals surface area contributed by atoms with Gasteiger partial charge < -0.3 is 9.47 Å². The van der Waals surface area contributed by atoms with E-state index in [0.717, 1.165) is 63.3 Å². The normalized spacial score (nSPS) is 21.8. The number of nitrogens with one attached hydrogen (secondary N) is 2. The zero-order valence-corrected chi connectivity index (χ0v) is 24.0. The molecule has 6 heteroatoms. The van der Waals surface area contributed by atoms with Gasteiger partial charge in [0, 0.05) is 69.5 Å². The Morgan fingerprint density at radius 1 is 1.03 bits per heavy atom. The fourth-order valence-electron chi connectivity index (χ4n) is 3.72. The molecule has 0 aromatic heterocycles. The van der Waals surface area contributed by atoms with Crippen molar-refractivity contribution in [2.24, 2.45) is 11.3 Å². The van der Waals surface area contributed by atoms with Crippen LogP contribution in [0.1, 0.15) is 99.8 Å². The Kier molecular flexibility index (Phi) is 20.0. The molecule has 0 amide bonds. The second kappa shape index (κ2) is 20.1. The molecule has 0 radical (unpaired) electrons. The van der Waals surface area contributed by atoms with Gasteiger partial charge in [-0.25, -0.2) is 0 Å². The molecule has 0 spiro atoms. The van der Waals surface area contributed by atoms with E-state index in [0.29, 0.717) is 29.7 Å². The summed E-state index contributed by atoms with van der Waals surface area (Å²) in [6.07, 6.45) is 8.03. The van der Waals surface area contributed by atoms with E-state index in [1.807, 2.05) is 13.8 Å². The van der Waals surface area contributed by atoms with Crippen molar-refractivity contribution in [2.45, 2.75) is 117 Å². The predicted molar refractivity (Wildman–Crippen MR) is 145 cm³/mol. The van der Waals surface area contributed by atoms with Gasteiger partial charge in [0.2, 0.25) is 0 Å². The Hall–Kier alpha value is -0.140. The van der Waals surface area contributed by atoms with Crippen LogP contribution in [0.2, 0.25) is 0 Å². The van der Waals surface area contributed by atoms with Crippen molar-refractivity contribution < 1.29 is 14.3 Å². The number of thioether (sulfide) groups is 1. The van der Waals surface area contributed by atoms with Crippen LogP contribution >= 0.6 is 11.8 Å². The molecule has 0 unspecified atom stereocenters. The molecule has 0 saturated carbocycles. The first-order valence-electron chi connectivity index (χ1n) is 13.4. The minimum Gasteiger partial charge on any atom is -0.385 e. The lowest BCUT2D eigenvalue weighted by Crippen LogP contribution is -2.36. The summed E-state index contributed by atoms with van der Waals surface area (Å²) in [6.45, 7) is 18.5. The molecular formula is C27H56N2O3S. The van der Waals surface area contributed by atoms with Crippen LogP contribution in [0.15, 0.2) is 0 Å². The van der Waals surface area contributed by atoms with Gasteiger partial charge in [0.05, 0.1) is 0 Å². The molecule has 2 N–H and O–H groups in total. The highest BCUT2D eigenvalue weighted by molar-refractivity contribution is 8.00. The Labute approximate surface area is 210 Å². The van der Waals surface area contributed by atoms with Crippen LogP contribution in [0, 0.1) is 11.3 Å². The maximum atomic E-state index is 11.9. The number of fused-ring (bicyclic) bond motifs is 1. The first kappa shape index (κ1) is 32.9. The fraction of sp³-hybridized carbons (Fsp3) is 0.963. The van der Waals surface area contributed by atoms with E-state index < -0.39 is 0 Å². The number of ether oxygens (including phenoxy) is 2. The van der Waals surface area contributed by atoms with Gasteiger partial charge in [0.25, 0.3) is 0 Å². The zero-order chi connectivity index (χ0) is 25.1. The molecule has 3 atom stereocenters. The summed E-state index contributed by atoms with van der Waals surface area (Å²) in [5.41, 5.74) is 0.331. The number of methoxy groups -OCH3 is 1. The molecule has 2 heterocycles. The van der Waals surface area contributed by atoms with E-state index in [4.69, 9.17) is 9.47 Å². The number of Topliss-reactive ketones (excluding diaryl/α,β-unsaturated/α-hetero) is 1. The van der Waals surface area contributed by atoms with Crippen molar-refractivity contribution in [3.8, 4) is 0 Å². The number of carbonyl (C=O) groups is 1. The van der Waals surface area contributed by atoms with Crippen LogP contribution in [-0.2, 0) is 14.3 Å². The molecule has 33 heavy (non-hydrogen) atoms. The van der Waals surface area contributed by atoms with Crippen LogP contribution in [-0.4, -0.2) is 62.5 Å². The Bertz CT molecular complexity index is 469. The van der Waals surface area contributed by atoms with Crippen molar-refractivity contribution in [3.63, 3.8) is 0 Å². The molecule has 198 valence electrons. The van der Waals surface area contributed by atoms with Gasteiger partial charge in [-0.1, -0.05) is 54.9 Å². The number of rotatable bonds is 14. The third-order valence-electron chi connectivity index (χ3n) is 5.86. The molecule has 2 saturated heterocycles. The van der Waals surface area contributed by atoms with Gasteiger partial charge >= 0.3 is 0 Å². The first-order valence-corrected chi connectivity index (χ1v) is 14.4. The second-order valence-corrected chi connectivity index (χ2v) is 11.8. The van der Waals surface area contributed by atoms with Crippen molar-refractivity contribution in [1.82, 2.24) is 10.6 Å². The standard InChI is InChI=1S/C19H36N2O2S.C6H14O.C2H6/c1-19(2,3)10-12-23-11-6-8-15(22)7-4-5-9-17-18-16(13-24-17)20-14-21-18;1-6(2)4-5-7-3;1-2/h16-18,20-21H,4-14H2,1-3H3;6H,4-5H2,1-3H3;1-2H3/t16-,17-,18-;;/m0../s1. The molecule has 2 aliphatic rings. The molecular weight excluding hydrogens is 432 g/mol. The quantitative estimate of drug-likeness (QED) is 0.290. The van der Waals surface area contributed by atoms with E-state index in [1.165, 1.54) is 25.0 Å². The summed E-state index contributed by atoms with van der Waals surface area (Å²) in [7, 11) is 1.74. The highest BCUT2D eigenvalue weighted by Crippen LogP contribution is 2.32. The summed E-state index contributed by atoms with van der Waals surface area (Å²) in [4.78, 5) is 11.9. The summed E-state index contributed by atoms with van der Waals surface area (Å²) in [5, 5.41) is 7.80. The van der Waals surface area contributed by atoms with Crippen molar-refractivity contribution >= 4 is 17.5 Å². The van der Waals surface area contributed by atoms with E-state index in [9.17, 15) is 4.79 Å². The minimum atomic E-state index is 0.331. The molecule has 2 rings (SSSR count). The van der Waals surface area contributed by atoms with Crippen LogP contribution in [0.25, 0.3) is 0 Å². The zero-order valence-electron chi connectivity index (χ0n) is 23.1. The molecule has 0 bridgehead atoms. The largest absolute Gasteiger partial charge is 0.385 e. The Balaban J connectivity index is 0.000000973. The molecule has 5 nitrogen and oxygen atoms in total. The lowest BCUT2D eigenvalue weighted by Gasteiger charge is -2.17. The van der Waals surface area contributed by atoms with E-state index >= 15 is 0 Å². The molecule has 2 fully saturated rings. The molecule has 0 aromatic rings. The van der Waals surface area contributed by atoms with E-state index in [-0.39, 0.29) is 0 Å². The number of hydrogen-bond donors (Lipinski definition) is 2. The van der Waals surface area contributed by atoms with Crippen LogP contribution in [0.4, 0.5) is 0 Å². The van der Waals surface area contributed by atoms with Gasteiger partial charge in [-0.15, -0.1) is 0 Å². The van der Waals surface area contributed by atoms with Gasteiger partial charge in [-0.2, -0.15) is 11.8 Å². The van der Waals surface area contributed by atoms with Gasteiger partial charge in [-0.05, 0) is 43.4 Å². The van der Waals surface area contributed by atoms with Crippen molar-refractivity contribution in [3.05, 3.63) is 0 Å². The van der Waals surface area contributed by atoms with Crippen LogP contribution in [0.5, 0.6) is 0 Å². The molecule has 0 aromatic carbocycles. The summed E-state index contributed by atoms with van der Waals surface area (Å²) < 4.78 is 10.5. The molecule has 2 aliphatic heterocycles. The number of carbonyl (C=O) groups excluding carboxylic acids is 1. The maximum absolute atomic E-state index is 11.9. The average molecular weight is 489 g/mol. The van der Waals surface area contributed by atoms with Crippen molar-refractivity contribution in [2.75, 3.05) is 39.4 Å². The number of ketones is 1. The van der Waals surface area contributed by atoms with Gasteiger partial charge in [-0.3, -0.25) is 15.4 Å². The highest BCUT2D eigenvalue weighted by Gasteiger charge is 2.38. The van der Waals surface area contributed by atoms with E-state index in [1.54, 1.807) is 7.11 Å². The average Bonchev–Trinajstić information content (AvgIpc) is 3.38. The predicted octanol–water partition coefficient (Wildman–Crippen LogP) is 6.06. The third kappa shape index (κ3) is 17.9. The number of hydrogen-bond acceptors (Lipinski definition) is 6. The smallest absolute Gasteiger partial charge is 0.132 e. The molecule has 0 aliphatic carbocycles.